The van der Waals surface area contributed by atoms with Gasteiger partial charge in [-0.05, 0) is 37.6 Å². The van der Waals surface area contributed by atoms with E-state index in [1.165, 1.54) is 13.2 Å². The second kappa shape index (κ2) is 7.45. The number of nitrogens with one attached hydrogen (secondary N) is 2. The molecule has 2 N–H and O–H groups in total. The van der Waals surface area contributed by atoms with Crippen LogP contribution in [0.15, 0.2) is 18.2 Å². The van der Waals surface area contributed by atoms with E-state index in [0.717, 1.165) is 25.1 Å². The zero-order valence-corrected chi connectivity index (χ0v) is 12.4. The molecule has 4 nitrogen and oxygen atoms in total. The number of halogens is 2. The zero-order valence-electron chi connectivity index (χ0n) is 11.6. The van der Waals surface area contributed by atoms with Gasteiger partial charge in [0, 0.05) is 6.54 Å². The lowest BCUT2D eigenvalue weighted by molar-refractivity contribution is -0.125. The molecule has 0 saturated carbocycles. The normalized spacial score (nSPS) is 19.1. The molecule has 2 unspecified atom stereocenters. The Hall–Kier alpha value is -1.33. The Morgan fingerprint density at radius 3 is 2.85 bits per heavy atom. The lowest BCUT2D eigenvalue weighted by Gasteiger charge is -2.17. The highest BCUT2D eigenvalue weighted by molar-refractivity contribution is 5.85. The van der Waals surface area contributed by atoms with Crippen LogP contribution in [0.25, 0.3) is 0 Å². The van der Waals surface area contributed by atoms with Crippen LogP contribution in [0, 0.1) is 11.7 Å². The molecule has 1 aromatic rings. The Kier molecular flexibility index (Phi) is 6.23. The fourth-order valence-corrected chi connectivity index (χ4v) is 2.24. The third kappa shape index (κ3) is 3.84. The molecule has 2 rings (SSSR count). The number of hydrogen-bond donors (Lipinski definition) is 2. The minimum atomic E-state index is -0.413. The van der Waals surface area contributed by atoms with Crippen LogP contribution >= 0.6 is 12.4 Å². The van der Waals surface area contributed by atoms with Crippen molar-refractivity contribution >= 4 is 18.3 Å². The summed E-state index contributed by atoms with van der Waals surface area (Å²) in [4.78, 5) is 12.0. The first kappa shape index (κ1) is 16.7. The first-order valence-electron chi connectivity index (χ1n) is 6.46. The number of carbonyl (C=O) groups excluding carboxylic acids is 1. The Morgan fingerprint density at radius 1 is 1.55 bits per heavy atom. The molecule has 112 valence electrons. The Balaban J connectivity index is 0.00000200. The Labute approximate surface area is 124 Å². The maximum atomic E-state index is 13.6. The minimum Gasteiger partial charge on any atom is -0.494 e. The summed E-state index contributed by atoms with van der Waals surface area (Å²) >= 11 is 0. The van der Waals surface area contributed by atoms with E-state index in [-0.39, 0.29) is 36.0 Å². The van der Waals surface area contributed by atoms with Gasteiger partial charge in [0.15, 0.2) is 11.6 Å². The molecule has 0 aliphatic carbocycles. The number of carbonyl (C=O) groups is 1. The summed E-state index contributed by atoms with van der Waals surface area (Å²) in [6.45, 7) is 3.45. The Bertz CT molecular complexity index is 464. The molecule has 1 amide bonds. The van der Waals surface area contributed by atoms with Gasteiger partial charge >= 0.3 is 0 Å². The predicted octanol–water partition coefficient (Wildman–Crippen LogP) is 2.04. The molecule has 0 bridgehead atoms. The smallest absolute Gasteiger partial charge is 0.224 e. The largest absolute Gasteiger partial charge is 0.494 e. The van der Waals surface area contributed by atoms with E-state index in [1.54, 1.807) is 12.1 Å². The molecule has 1 heterocycles. The van der Waals surface area contributed by atoms with Crippen molar-refractivity contribution in [2.75, 3.05) is 20.2 Å². The third-order valence-electron chi connectivity index (χ3n) is 3.47. The summed E-state index contributed by atoms with van der Waals surface area (Å²) < 4.78 is 18.5. The van der Waals surface area contributed by atoms with Crippen LogP contribution in [-0.2, 0) is 4.79 Å². The predicted molar refractivity (Wildman–Crippen MR) is 77.7 cm³/mol. The van der Waals surface area contributed by atoms with Gasteiger partial charge in [-0.3, -0.25) is 4.79 Å². The van der Waals surface area contributed by atoms with Crippen LogP contribution < -0.4 is 15.4 Å². The number of benzene rings is 1. The van der Waals surface area contributed by atoms with Crippen LogP contribution in [-0.4, -0.2) is 26.1 Å². The van der Waals surface area contributed by atoms with E-state index in [1.807, 2.05) is 6.92 Å². The van der Waals surface area contributed by atoms with Crippen LogP contribution in [0.4, 0.5) is 4.39 Å². The van der Waals surface area contributed by atoms with Crippen LogP contribution in [0.5, 0.6) is 5.75 Å². The van der Waals surface area contributed by atoms with Crippen molar-refractivity contribution < 1.29 is 13.9 Å². The number of rotatable bonds is 4. The average Bonchev–Trinajstić information content (AvgIpc) is 2.92. The SMILES string of the molecule is COc1ccc(C(C)NC(=O)C2CCNC2)cc1F.Cl. The molecule has 20 heavy (non-hydrogen) atoms. The van der Waals surface area contributed by atoms with Crippen molar-refractivity contribution in [3.05, 3.63) is 29.6 Å². The molecule has 0 aromatic heterocycles. The second-order valence-corrected chi connectivity index (χ2v) is 4.81. The van der Waals surface area contributed by atoms with E-state index in [9.17, 15) is 9.18 Å². The summed E-state index contributed by atoms with van der Waals surface area (Å²) in [6.07, 6.45) is 0.857. The third-order valence-corrected chi connectivity index (χ3v) is 3.47. The van der Waals surface area contributed by atoms with Gasteiger partial charge in [0.05, 0.1) is 19.1 Å². The molecule has 1 aromatic carbocycles. The highest BCUT2D eigenvalue weighted by Gasteiger charge is 2.23. The summed E-state index contributed by atoms with van der Waals surface area (Å²) in [5.74, 6) is -0.162. The minimum absolute atomic E-state index is 0. The maximum Gasteiger partial charge on any atom is 0.224 e. The molecule has 1 aliphatic heterocycles. The van der Waals surface area contributed by atoms with Gasteiger partial charge in [-0.15, -0.1) is 12.4 Å². The molecular formula is C14H20ClFN2O2. The molecular weight excluding hydrogens is 283 g/mol. The van der Waals surface area contributed by atoms with Gasteiger partial charge in [-0.2, -0.15) is 0 Å². The summed E-state index contributed by atoms with van der Waals surface area (Å²) in [5, 5.41) is 6.07. The monoisotopic (exact) mass is 302 g/mol. The number of ether oxygens (including phenoxy) is 1. The van der Waals surface area contributed by atoms with Gasteiger partial charge in [-0.25, -0.2) is 4.39 Å². The van der Waals surface area contributed by atoms with Crippen molar-refractivity contribution in [3.8, 4) is 5.75 Å². The summed E-state index contributed by atoms with van der Waals surface area (Å²) in [7, 11) is 1.43. The fraction of sp³-hybridized carbons (Fsp3) is 0.500. The topological polar surface area (TPSA) is 50.4 Å². The van der Waals surface area contributed by atoms with Gasteiger partial charge in [0.1, 0.15) is 0 Å². The highest BCUT2D eigenvalue weighted by Crippen LogP contribution is 2.22. The Morgan fingerprint density at radius 2 is 2.30 bits per heavy atom. The molecule has 1 aliphatic rings. The lowest BCUT2D eigenvalue weighted by Crippen LogP contribution is -2.33. The van der Waals surface area contributed by atoms with Crippen molar-refractivity contribution in [1.29, 1.82) is 0 Å². The molecule has 0 spiro atoms. The number of hydrogen-bond acceptors (Lipinski definition) is 3. The fourth-order valence-electron chi connectivity index (χ4n) is 2.24. The number of methoxy groups -OCH3 is 1. The van der Waals surface area contributed by atoms with Gasteiger partial charge < -0.3 is 15.4 Å². The van der Waals surface area contributed by atoms with Crippen molar-refractivity contribution in [1.82, 2.24) is 10.6 Å². The van der Waals surface area contributed by atoms with Gasteiger partial charge in [0.2, 0.25) is 5.91 Å². The first-order valence-corrected chi connectivity index (χ1v) is 6.46. The standard InChI is InChI=1S/C14H19FN2O2.ClH/c1-9(17-14(18)11-5-6-16-8-11)10-3-4-13(19-2)12(15)7-10;/h3-4,7,9,11,16H,5-6,8H2,1-2H3,(H,17,18);1H. The second-order valence-electron chi connectivity index (χ2n) is 4.81. The van der Waals surface area contributed by atoms with Crippen molar-refractivity contribution in [2.45, 2.75) is 19.4 Å². The molecule has 0 radical (unpaired) electrons. The average molecular weight is 303 g/mol. The van der Waals surface area contributed by atoms with E-state index in [2.05, 4.69) is 10.6 Å². The molecule has 1 fully saturated rings. The number of amides is 1. The molecule has 6 heteroatoms. The van der Waals surface area contributed by atoms with Gasteiger partial charge in [0.25, 0.3) is 0 Å². The van der Waals surface area contributed by atoms with E-state index >= 15 is 0 Å². The van der Waals surface area contributed by atoms with Crippen molar-refractivity contribution in [2.24, 2.45) is 5.92 Å². The van der Waals surface area contributed by atoms with Crippen LogP contribution in [0.1, 0.15) is 24.9 Å². The highest BCUT2D eigenvalue weighted by atomic mass is 35.5. The quantitative estimate of drug-likeness (QED) is 0.895. The van der Waals surface area contributed by atoms with E-state index in [4.69, 9.17) is 4.74 Å². The molecule has 2 atom stereocenters. The first-order chi connectivity index (χ1) is 9.11. The molecule has 1 saturated heterocycles. The zero-order chi connectivity index (χ0) is 13.8. The van der Waals surface area contributed by atoms with Crippen molar-refractivity contribution in [3.63, 3.8) is 0 Å². The van der Waals surface area contributed by atoms with Crippen LogP contribution in [0.3, 0.4) is 0 Å². The van der Waals surface area contributed by atoms with Crippen LogP contribution in [0.2, 0.25) is 0 Å². The van der Waals surface area contributed by atoms with Gasteiger partial charge in [-0.1, -0.05) is 6.07 Å². The van der Waals surface area contributed by atoms with E-state index < -0.39 is 5.82 Å². The van der Waals surface area contributed by atoms with E-state index in [0.29, 0.717) is 0 Å². The maximum absolute atomic E-state index is 13.6. The summed E-state index contributed by atoms with van der Waals surface area (Å²) in [5.41, 5.74) is 0.734. The lowest BCUT2D eigenvalue weighted by atomic mass is 10.0. The summed E-state index contributed by atoms with van der Waals surface area (Å²) in [6, 6.07) is 4.52.